The third-order valence-electron chi connectivity index (χ3n) is 1.14. The van der Waals surface area contributed by atoms with Gasteiger partial charge < -0.3 is 5.73 Å². The van der Waals surface area contributed by atoms with Crippen molar-refractivity contribution in [2.75, 3.05) is 11.5 Å². The molecule has 8 heteroatoms. The molecule has 0 radical (unpaired) electrons. The number of nitrogens with two attached hydrogens (primary N) is 1. The molecule has 1 aromatic rings. The van der Waals surface area contributed by atoms with Gasteiger partial charge in [0.2, 0.25) is 0 Å². The predicted octanol–water partition coefficient (Wildman–Crippen LogP) is 1.11. The fourth-order valence-corrected chi connectivity index (χ4v) is 1.19. The van der Waals surface area contributed by atoms with E-state index in [4.69, 9.17) is 5.73 Å². The van der Waals surface area contributed by atoms with Crippen LogP contribution < -0.4 is 5.73 Å². The molecule has 0 amide bonds. The van der Waals surface area contributed by atoms with Gasteiger partial charge in [0.15, 0.2) is 5.82 Å². The Kier molecular flexibility index (Phi) is 3.02. The zero-order chi connectivity index (χ0) is 9.90. The summed E-state index contributed by atoms with van der Waals surface area (Å²) in [5, 5.41) is 6.93. The molecule has 0 aliphatic carbocycles. The summed E-state index contributed by atoms with van der Waals surface area (Å²) in [6.45, 7) is 0.147. The van der Waals surface area contributed by atoms with E-state index in [1.807, 2.05) is 0 Å². The molecule has 0 aromatic carbocycles. The largest absolute Gasteiger partial charge is 0.441 e. The van der Waals surface area contributed by atoms with Crippen LogP contribution >= 0.6 is 11.8 Å². The lowest BCUT2D eigenvalue weighted by molar-refractivity contribution is -0.0328. The standard InChI is InChI=1S/C5H7F3N4S/c6-5(7,8)13-2-1-12-3-4(9)10-11-12/h3H,1-2,9H2. The Balaban J connectivity index is 2.28. The topological polar surface area (TPSA) is 56.7 Å². The average Bonchev–Trinajstić information content (AvgIpc) is 2.33. The second-order valence-corrected chi connectivity index (χ2v) is 3.36. The fourth-order valence-electron chi connectivity index (χ4n) is 0.678. The highest BCUT2D eigenvalue weighted by atomic mass is 32.2. The normalized spacial score (nSPS) is 11.9. The first-order chi connectivity index (χ1) is 5.97. The molecule has 74 valence electrons. The molecule has 0 saturated carbocycles. The lowest BCUT2D eigenvalue weighted by Crippen LogP contribution is -2.07. The Morgan fingerprint density at radius 1 is 1.54 bits per heavy atom. The number of aryl methyl sites for hydroxylation is 1. The van der Waals surface area contributed by atoms with E-state index < -0.39 is 5.51 Å². The van der Waals surface area contributed by atoms with Gasteiger partial charge in [0, 0.05) is 5.75 Å². The number of thioether (sulfide) groups is 1. The van der Waals surface area contributed by atoms with Crippen molar-refractivity contribution in [3.8, 4) is 0 Å². The van der Waals surface area contributed by atoms with E-state index in [1.165, 1.54) is 10.9 Å². The van der Waals surface area contributed by atoms with E-state index in [-0.39, 0.29) is 29.9 Å². The SMILES string of the molecule is Nc1cn(CCSC(F)(F)F)nn1. The Morgan fingerprint density at radius 2 is 2.23 bits per heavy atom. The van der Waals surface area contributed by atoms with Crippen molar-refractivity contribution in [1.82, 2.24) is 15.0 Å². The van der Waals surface area contributed by atoms with Crippen molar-refractivity contribution in [2.24, 2.45) is 0 Å². The summed E-state index contributed by atoms with van der Waals surface area (Å²) in [4.78, 5) is 0. The molecular weight excluding hydrogens is 205 g/mol. The summed E-state index contributed by atoms with van der Waals surface area (Å²) < 4.78 is 36.2. The van der Waals surface area contributed by atoms with E-state index in [2.05, 4.69) is 10.3 Å². The number of aromatic nitrogens is 3. The van der Waals surface area contributed by atoms with Gasteiger partial charge in [-0.2, -0.15) is 13.2 Å². The third kappa shape index (κ3) is 4.02. The lowest BCUT2D eigenvalue weighted by Gasteiger charge is -2.04. The van der Waals surface area contributed by atoms with Gasteiger partial charge in [-0.25, -0.2) is 4.68 Å². The van der Waals surface area contributed by atoms with Gasteiger partial charge in [-0.1, -0.05) is 5.21 Å². The van der Waals surface area contributed by atoms with Gasteiger partial charge in [-0.05, 0) is 11.8 Å². The van der Waals surface area contributed by atoms with Gasteiger partial charge in [0.1, 0.15) is 0 Å². The first-order valence-electron chi connectivity index (χ1n) is 3.34. The molecule has 13 heavy (non-hydrogen) atoms. The van der Waals surface area contributed by atoms with Gasteiger partial charge in [-0.3, -0.25) is 0 Å². The summed E-state index contributed by atoms with van der Waals surface area (Å²) in [5.41, 5.74) is 1.02. The van der Waals surface area contributed by atoms with E-state index in [1.54, 1.807) is 0 Å². The zero-order valence-corrected chi connectivity index (χ0v) is 7.27. The molecule has 1 rings (SSSR count). The molecule has 1 aromatic heterocycles. The second-order valence-electron chi connectivity index (χ2n) is 2.20. The molecule has 0 spiro atoms. The molecule has 0 atom stereocenters. The highest BCUT2D eigenvalue weighted by Gasteiger charge is 2.27. The number of hydrogen-bond donors (Lipinski definition) is 1. The van der Waals surface area contributed by atoms with E-state index >= 15 is 0 Å². The van der Waals surface area contributed by atoms with Crippen molar-refractivity contribution < 1.29 is 13.2 Å². The number of hydrogen-bond acceptors (Lipinski definition) is 4. The number of nitrogens with zero attached hydrogens (tertiary/aromatic N) is 3. The maximum absolute atomic E-state index is 11.7. The first-order valence-corrected chi connectivity index (χ1v) is 4.32. The molecule has 0 bridgehead atoms. The molecular formula is C5H7F3N4S. The molecule has 0 unspecified atom stereocenters. The summed E-state index contributed by atoms with van der Waals surface area (Å²) >= 11 is -0.0918. The van der Waals surface area contributed by atoms with Gasteiger partial charge in [0.05, 0.1) is 12.7 Å². The molecule has 0 aliphatic heterocycles. The maximum Gasteiger partial charge on any atom is 0.441 e. The fraction of sp³-hybridized carbons (Fsp3) is 0.600. The van der Waals surface area contributed by atoms with Crippen molar-refractivity contribution in [3.63, 3.8) is 0 Å². The number of halogens is 3. The van der Waals surface area contributed by atoms with Crippen LogP contribution in [0.2, 0.25) is 0 Å². The van der Waals surface area contributed by atoms with Gasteiger partial charge >= 0.3 is 5.51 Å². The van der Waals surface area contributed by atoms with Crippen molar-refractivity contribution in [3.05, 3.63) is 6.20 Å². The van der Waals surface area contributed by atoms with Crippen LogP contribution in [-0.4, -0.2) is 26.3 Å². The molecule has 1 heterocycles. The number of anilines is 1. The highest BCUT2D eigenvalue weighted by Crippen LogP contribution is 2.29. The van der Waals surface area contributed by atoms with Crippen molar-refractivity contribution >= 4 is 17.6 Å². The molecule has 0 saturated heterocycles. The quantitative estimate of drug-likeness (QED) is 0.815. The van der Waals surface area contributed by atoms with E-state index in [0.717, 1.165) is 0 Å². The lowest BCUT2D eigenvalue weighted by atomic mass is 10.7. The highest BCUT2D eigenvalue weighted by molar-refractivity contribution is 8.00. The van der Waals surface area contributed by atoms with Crippen molar-refractivity contribution in [1.29, 1.82) is 0 Å². The van der Waals surface area contributed by atoms with Crippen LogP contribution in [0.1, 0.15) is 0 Å². The molecule has 4 nitrogen and oxygen atoms in total. The maximum atomic E-state index is 11.7. The Hall–Kier alpha value is -0.920. The van der Waals surface area contributed by atoms with Crippen LogP contribution in [0.25, 0.3) is 0 Å². The summed E-state index contributed by atoms with van der Waals surface area (Å²) in [6, 6.07) is 0. The van der Waals surface area contributed by atoms with Crippen LogP contribution in [0, 0.1) is 0 Å². The number of rotatable bonds is 3. The van der Waals surface area contributed by atoms with E-state index in [0.29, 0.717) is 0 Å². The summed E-state index contributed by atoms with van der Waals surface area (Å²) in [6.07, 6.45) is 1.39. The molecule has 0 fully saturated rings. The van der Waals surface area contributed by atoms with Crippen LogP contribution in [0.3, 0.4) is 0 Å². The minimum atomic E-state index is -4.19. The summed E-state index contributed by atoms with van der Waals surface area (Å²) in [7, 11) is 0. The Bertz CT molecular complexity index is 271. The van der Waals surface area contributed by atoms with Crippen LogP contribution in [0.5, 0.6) is 0 Å². The third-order valence-corrected chi connectivity index (χ3v) is 1.86. The monoisotopic (exact) mass is 212 g/mol. The second kappa shape index (κ2) is 3.86. The van der Waals surface area contributed by atoms with E-state index in [9.17, 15) is 13.2 Å². The Labute approximate surface area is 76.3 Å². The zero-order valence-electron chi connectivity index (χ0n) is 6.45. The van der Waals surface area contributed by atoms with Crippen molar-refractivity contribution in [2.45, 2.75) is 12.1 Å². The van der Waals surface area contributed by atoms with Crippen LogP contribution in [0.4, 0.5) is 19.0 Å². The predicted molar refractivity (Wildman–Crippen MR) is 42.9 cm³/mol. The summed E-state index contributed by atoms with van der Waals surface area (Å²) in [5.74, 6) is 0.115. The Morgan fingerprint density at radius 3 is 2.69 bits per heavy atom. The van der Waals surface area contributed by atoms with Gasteiger partial charge in [0.25, 0.3) is 0 Å². The minimum absolute atomic E-state index is 0.0910. The van der Waals surface area contributed by atoms with Crippen LogP contribution in [0.15, 0.2) is 6.20 Å². The molecule has 2 N–H and O–H groups in total. The first kappa shape index (κ1) is 10.2. The number of nitrogen functional groups attached to an aromatic ring is 1. The molecule has 0 aliphatic rings. The van der Waals surface area contributed by atoms with Crippen LogP contribution in [-0.2, 0) is 6.54 Å². The van der Waals surface area contributed by atoms with Gasteiger partial charge in [-0.15, -0.1) is 5.10 Å². The smallest absolute Gasteiger partial charge is 0.381 e. The average molecular weight is 212 g/mol. The minimum Gasteiger partial charge on any atom is -0.381 e. The number of alkyl halides is 3.